The second-order valence-corrected chi connectivity index (χ2v) is 3.34. The highest BCUT2D eigenvalue weighted by Crippen LogP contribution is 2.24. The van der Waals surface area contributed by atoms with Gasteiger partial charge in [-0.3, -0.25) is 0 Å². The molecule has 0 radical (unpaired) electrons. The first-order chi connectivity index (χ1) is 7.63. The summed E-state index contributed by atoms with van der Waals surface area (Å²) in [5, 5.41) is 13.1. The number of aromatic nitrogens is 3. The second-order valence-electron chi connectivity index (χ2n) is 2.96. The average molecular weight is 242 g/mol. The molecule has 2 aromatic rings. The first kappa shape index (κ1) is 10.7. The Bertz CT molecular complexity index is 552. The van der Waals surface area contributed by atoms with Crippen molar-refractivity contribution in [1.29, 1.82) is 0 Å². The Labute approximate surface area is 95.4 Å². The number of fused-ring (bicyclic) bond motifs is 1. The number of imidazole rings is 1. The van der Waals surface area contributed by atoms with Crippen LogP contribution in [0.2, 0.25) is 5.15 Å². The van der Waals surface area contributed by atoms with Gasteiger partial charge in [0.15, 0.2) is 11.4 Å². The summed E-state index contributed by atoms with van der Waals surface area (Å²) >= 11 is 5.71. The third-order valence-electron chi connectivity index (χ3n) is 1.94. The first-order valence-corrected chi connectivity index (χ1v) is 4.91. The zero-order valence-electron chi connectivity index (χ0n) is 8.35. The van der Waals surface area contributed by atoms with Gasteiger partial charge in [-0.05, 0) is 6.92 Å². The normalized spacial score (nSPS) is 10.6. The molecule has 1 N–H and O–H groups in total. The lowest BCUT2D eigenvalue weighted by molar-refractivity contribution is 0.0692. The Morgan fingerprint density at radius 2 is 2.44 bits per heavy atom. The van der Waals surface area contributed by atoms with Crippen LogP contribution in [0.1, 0.15) is 17.3 Å². The van der Waals surface area contributed by atoms with Gasteiger partial charge in [-0.2, -0.15) is 5.10 Å². The Hall–Kier alpha value is -1.82. The molecule has 0 unspecified atom stereocenters. The van der Waals surface area contributed by atoms with Crippen molar-refractivity contribution in [2.75, 3.05) is 6.61 Å². The minimum absolute atomic E-state index is 0.0309. The van der Waals surface area contributed by atoms with Gasteiger partial charge >= 0.3 is 5.97 Å². The molecule has 6 nitrogen and oxygen atoms in total. The minimum Gasteiger partial charge on any atom is -0.489 e. The molecule has 0 bridgehead atoms. The standard InChI is InChI=1S/C9H8ClN3O3/c1-2-16-7-5(9(14)15)3-11-13-4-6(10)12-8(7)13/h3-4H,2H2,1H3,(H,14,15). The minimum atomic E-state index is -1.11. The van der Waals surface area contributed by atoms with Crippen molar-refractivity contribution < 1.29 is 14.6 Å². The third-order valence-corrected chi connectivity index (χ3v) is 2.12. The highest BCUT2D eigenvalue weighted by Gasteiger charge is 2.17. The molecule has 84 valence electrons. The van der Waals surface area contributed by atoms with Crippen molar-refractivity contribution in [2.45, 2.75) is 6.92 Å². The fourth-order valence-corrected chi connectivity index (χ4v) is 1.50. The molecule has 0 fully saturated rings. The number of halogens is 1. The molecule has 0 atom stereocenters. The van der Waals surface area contributed by atoms with Crippen molar-refractivity contribution in [2.24, 2.45) is 0 Å². The molecule has 0 aliphatic carbocycles. The number of aromatic carboxylic acids is 1. The molecule has 0 aliphatic rings. The van der Waals surface area contributed by atoms with Crippen LogP contribution in [-0.2, 0) is 0 Å². The van der Waals surface area contributed by atoms with Crippen LogP contribution in [0.3, 0.4) is 0 Å². The maximum atomic E-state index is 11.0. The predicted octanol–water partition coefficient (Wildman–Crippen LogP) is 1.48. The van der Waals surface area contributed by atoms with Crippen LogP contribution >= 0.6 is 11.6 Å². The van der Waals surface area contributed by atoms with E-state index in [-0.39, 0.29) is 16.5 Å². The van der Waals surface area contributed by atoms with E-state index < -0.39 is 5.97 Å². The molecule has 0 saturated heterocycles. The van der Waals surface area contributed by atoms with E-state index in [2.05, 4.69) is 10.1 Å². The molecule has 0 spiro atoms. The number of hydrogen-bond acceptors (Lipinski definition) is 4. The van der Waals surface area contributed by atoms with Crippen LogP contribution in [0.25, 0.3) is 5.65 Å². The average Bonchev–Trinajstić information content (AvgIpc) is 2.59. The number of carboxylic acids is 1. The van der Waals surface area contributed by atoms with Gasteiger partial charge in [0.25, 0.3) is 0 Å². The topological polar surface area (TPSA) is 76.7 Å². The fraction of sp³-hybridized carbons (Fsp3) is 0.222. The Balaban J connectivity index is 2.72. The quantitative estimate of drug-likeness (QED) is 0.881. The number of carboxylic acid groups (broad SMARTS) is 1. The van der Waals surface area contributed by atoms with Crippen molar-refractivity contribution in [3.05, 3.63) is 23.1 Å². The van der Waals surface area contributed by atoms with Gasteiger partial charge in [-0.15, -0.1) is 0 Å². The zero-order chi connectivity index (χ0) is 11.7. The summed E-state index contributed by atoms with van der Waals surface area (Å²) in [4.78, 5) is 14.9. The Morgan fingerprint density at radius 3 is 3.06 bits per heavy atom. The van der Waals surface area contributed by atoms with Crippen molar-refractivity contribution in [3.63, 3.8) is 0 Å². The molecular weight excluding hydrogens is 234 g/mol. The van der Waals surface area contributed by atoms with Crippen LogP contribution < -0.4 is 4.74 Å². The predicted molar refractivity (Wildman–Crippen MR) is 56.1 cm³/mol. The van der Waals surface area contributed by atoms with E-state index in [0.717, 1.165) is 0 Å². The van der Waals surface area contributed by atoms with Crippen molar-refractivity contribution >= 4 is 23.2 Å². The van der Waals surface area contributed by atoms with Crippen molar-refractivity contribution in [3.8, 4) is 5.75 Å². The maximum absolute atomic E-state index is 11.0. The summed E-state index contributed by atoms with van der Waals surface area (Å²) in [6.45, 7) is 2.09. The molecule has 2 heterocycles. The third kappa shape index (κ3) is 1.67. The van der Waals surface area contributed by atoms with E-state index in [9.17, 15) is 4.79 Å². The number of nitrogens with zero attached hydrogens (tertiary/aromatic N) is 3. The number of hydrogen-bond donors (Lipinski definition) is 1. The largest absolute Gasteiger partial charge is 0.489 e. The van der Waals surface area contributed by atoms with E-state index in [1.54, 1.807) is 6.92 Å². The summed E-state index contributed by atoms with van der Waals surface area (Å²) in [6.07, 6.45) is 2.68. The molecule has 0 aliphatic heterocycles. The van der Waals surface area contributed by atoms with Gasteiger partial charge in [0.05, 0.1) is 19.0 Å². The van der Waals surface area contributed by atoms with Gasteiger partial charge in [0.1, 0.15) is 10.7 Å². The van der Waals surface area contributed by atoms with Crippen LogP contribution in [0, 0.1) is 0 Å². The summed E-state index contributed by atoms with van der Waals surface area (Å²) in [5.74, 6) is -0.936. The van der Waals surface area contributed by atoms with Gasteiger partial charge in [-0.25, -0.2) is 14.3 Å². The maximum Gasteiger partial charge on any atom is 0.341 e. The lowest BCUT2D eigenvalue weighted by Crippen LogP contribution is -2.07. The molecule has 16 heavy (non-hydrogen) atoms. The summed E-state index contributed by atoms with van der Waals surface area (Å²) in [7, 11) is 0. The van der Waals surface area contributed by atoms with Gasteiger partial charge in [-0.1, -0.05) is 11.6 Å². The fourth-order valence-electron chi connectivity index (χ4n) is 1.32. The van der Waals surface area contributed by atoms with Crippen molar-refractivity contribution in [1.82, 2.24) is 14.6 Å². The molecule has 7 heteroatoms. The van der Waals surface area contributed by atoms with Gasteiger partial charge < -0.3 is 9.84 Å². The van der Waals surface area contributed by atoms with Crippen LogP contribution in [-0.4, -0.2) is 32.3 Å². The molecule has 0 amide bonds. The smallest absolute Gasteiger partial charge is 0.341 e. The first-order valence-electron chi connectivity index (χ1n) is 4.53. The second kappa shape index (κ2) is 3.97. The van der Waals surface area contributed by atoms with Crippen LogP contribution in [0.4, 0.5) is 0 Å². The lowest BCUT2D eigenvalue weighted by atomic mass is 10.3. The SMILES string of the molecule is CCOc1c(C(=O)O)cnn2cc(Cl)nc12. The Kier molecular flexibility index (Phi) is 2.66. The van der Waals surface area contributed by atoms with E-state index >= 15 is 0 Å². The monoisotopic (exact) mass is 241 g/mol. The Morgan fingerprint density at radius 1 is 1.69 bits per heavy atom. The zero-order valence-corrected chi connectivity index (χ0v) is 9.10. The molecule has 0 aromatic carbocycles. The van der Waals surface area contributed by atoms with Crippen LogP contribution in [0.15, 0.2) is 12.4 Å². The van der Waals surface area contributed by atoms with Gasteiger partial charge in [0, 0.05) is 0 Å². The molecule has 0 saturated carbocycles. The molecule has 2 rings (SSSR count). The van der Waals surface area contributed by atoms with Gasteiger partial charge in [0.2, 0.25) is 0 Å². The number of rotatable bonds is 3. The number of ether oxygens (including phenoxy) is 1. The van der Waals surface area contributed by atoms with E-state index in [1.807, 2.05) is 0 Å². The molecular formula is C9H8ClN3O3. The highest BCUT2D eigenvalue weighted by atomic mass is 35.5. The highest BCUT2D eigenvalue weighted by molar-refractivity contribution is 6.29. The molecule has 2 aromatic heterocycles. The lowest BCUT2D eigenvalue weighted by Gasteiger charge is -2.07. The number of carbonyl (C=O) groups is 1. The van der Waals surface area contributed by atoms with E-state index in [4.69, 9.17) is 21.4 Å². The van der Waals surface area contributed by atoms with Crippen LogP contribution in [0.5, 0.6) is 5.75 Å². The van der Waals surface area contributed by atoms with E-state index in [1.165, 1.54) is 16.9 Å². The van der Waals surface area contributed by atoms with E-state index in [0.29, 0.717) is 12.3 Å². The summed E-state index contributed by atoms with van der Waals surface area (Å²) in [5.41, 5.74) is 0.267. The summed E-state index contributed by atoms with van der Waals surface area (Å²) in [6, 6.07) is 0. The summed E-state index contributed by atoms with van der Waals surface area (Å²) < 4.78 is 6.64.